The van der Waals surface area contributed by atoms with Crippen LogP contribution < -0.4 is 4.74 Å². The lowest BCUT2D eigenvalue weighted by Gasteiger charge is -2.23. The smallest absolute Gasteiger partial charge is 0.416 e. The van der Waals surface area contributed by atoms with Crippen molar-refractivity contribution in [1.82, 2.24) is 24.4 Å². The van der Waals surface area contributed by atoms with Gasteiger partial charge < -0.3 is 14.6 Å². The van der Waals surface area contributed by atoms with Crippen LogP contribution in [-0.2, 0) is 23.6 Å². The second-order valence-electron chi connectivity index (χ2n) is 12.1. The Morgan fingerprint density at radius 3 is 2.19 bits per heavy atom. The fraction of sp³-hybridized carbons (Fsp3) is 0.250. The van der Waals surface area contributed by atoms with Gasteiger partial charge in [-0.2, -0.15) is 26.3 Å². The summed E-state index contributed by atoms with van der Waals surface area (Å²) < 4.78 is 94.8. The number of rotatable bonds is 8. The average molecular weight is 726 g/mol. The fourth-order valence-electron chi connectivity index (χ4n) is 6.13. The van der Waals surface area contributed by atoms with Crippen LogP contribution in [0.1, 0.15) is 57.2 Å². The number of alkyl halides is 6. The van der Waals surface area contributed by atoms with Gasteiger partial charge in [0, 0.05) is 29.7 Å². The monoisotopic (exact) mass is 725 g/mol. The number of aryl methyl sites for hydroxylation is 2. The van der Waals surface area contributed by atoms with Crippen molar-refractivity contribution in [2.24, 2.45) is 0 Å². The summed E-state index contributed by atoms with van der Waals surface area (Å²) in [5.74, 6) is 0.0235. The van der Waals surface area contributed by atoms with Gasteiger partial charge in [-0.25, -0.2) is 24.5 Å². The van der Waals surface area contributed by atoms with E-state index in [1.54, 1.807) is 48.9 Å². The third-order valence-electron chi connectivity index (χ3n) is 8.82. The Morgan fingerprint density at radius 2 is 1.62 bits per heavy atom. The van der Waals surface area contributed by atoms with Crippen LogP contribution >= 0.6 is 0 Å². The van der Waals surface area contributed by atoms with Crippen molar-refractivity contribution in [3.63, 3.8) is 0 Å². The Labute approximate surface area is 292 Å². The van der Waals surface area contributed by atoms with Gasteiger partial charge in [-0.15, -0.1) is 0 Å². The topological polar surface area (TPSA) is 120 Å². The van der Waals surface area contributed by atoms with E-state index in [0.29, 0.717) is 46.0 Å². The standard InChI is InChI=1S/C36H29F6N5O5/c1-18-11-22(32(48)49)5-7-26(18)21-6-8-30(51-4)27(14-21)28-16-44-33(46-10-9-43-20(46)3)45-29(28)17-47-19(2)31(52-34(47)50)23-12-24(35(37,38)39)15-25(13-23)36(40,41)42/h5-16,19,31H,17H2,1-4H3,(H,48,49)/t19-,31?/m0/s1. The molecule has 0 spiro atoms. The maximum Gasteiger partial charge on any atom is 0.416 e. The minimum atomic E-state index is -5.09. The van der Waals surface area contributed by atoms with Gasteiger partial charge in [0.25, 0.3) is 0 Å². The number of imidazole rings is 1. The van der Waals surface area contributed by atoms with Gasteiger partial charge in [-0.05, 0) is 85.5 Å². The Kier molecular flexibility index (Phi) is 9.19. The molecule has 0 saturated carbocycles. The highest BCUT2D eigenvalue weighted by molar-refractivity contribution is 5.89. The number of carbonyl (C=O) groups is 2. The zero-order valence-corrected chi connectivity index (χ0v) is 27.9. The SMILES string of the molecule is COc1ccc(-c2ccc(C(=O)O)cc2C)cc1-c1cnc(-n2ccnc2C)nc1CN1C(=O)OC(c2cc(C(F)(F)F)cc(C(F)(F)F)c2)[C@@H]1C. The van der Waals surface area contributed by atoms with Crippen molar-refractivity contribution in [3.05, 3.63) is 113 Å². The third-order valence-corrected chi connectivity index (χ3v) is 8.82. The zero-order chi connectivity index (χ0) is 37.7. The maximum absolute atomic E-state index is 13.7. The maximum atomic E-state index is 13.7. The van der Waals surface area contributed by atoms with Crippen LogP contribution in [-0.4, -0.2) is 54.7 Å². The lowest BCUT2D eigenvalue weighted by Crippen LogP contribution is -2.32. The van der Waals surface area contributed by atoms with Crippen LogP contribution in [0.3, 0.4) is 0 Å². The number of hydrogen-bond donors (Lipinski definition) is 1. The quantitative estimate of drug-likeness (QED) is 0.158. The van der Waals surface area contributed by atoms with E-state index in [0.717, 1.165) is 5.56 Å². The number of nitrogens with zero attached hydrogens (tertiary/aromatic N) is 5. The van der Waals surface area contributed by atoms with Gasteiger partial charge in [0.2, 0.25) is 5.95 Å². The minimum Gasteiger partial charge on any atom is -0.496 e. The number of hydrogen-bond acceptors (Lipinski definition) is 7. The summed E-state index contributed by atoms with van der Waals surface area (Å²) in [6.07, 6.45) is -7.99. The molecule has 5 aromatic rings. The van der Waals surface area contributed by atoms with Gasteiger partial charge in [0.05, 0.1) is 42.1 Å². The minimum absolute atomic E-state index is 0.0129. The number of cyclic esters (lactones) is 1. The molecule has 2 aromatic heterocycles. The first-order valence-corrected chi connectivity index (χ1v) is 15.6. The summed E-state index contributed by atoms with van der Waals surface area (Å²) in [4.78, 5) is 39.5. The molecule has 0 aliphatic carbocycles. The Hall–Kier alpha value is -5.93. The summed E-state index contributed by atoms with van der Waals surface area (Å²) in [6.45, 7) is 4.65. The normalized spacial score (nSPS) is 16.3. The molecule has 2 atom stereocenters. The first-order valence-electron chi connectivity index (χ1n) is 15.6. The Morgan fingerprint density at radius 1 is 0.923 bits per heavy atom. The first kappa shape index (κ1) is 35.9. The Balaban J connectivity index is 1.45. The van der Waals surface area contributed by atoms with Crippen molar-refractivity contribution >= 4 is 12.1 Å². The molecule has 52 heavy (non-hydrogen) atoms. The molecule has 1 saturated heterocycles. The van der Waals surface area contributed by atoms with Gasteiger partial charge >= 0.3 is 24.4 Å². The molecule has 1 unspecified atom stereocenters. The lowest BCUT2D eigenvalue weighted by molar-refractivity contribution is -0.143. The summed E-state index contributed by atoms with van der Waals surface area (Å²) >= 11 is 0. The highest BCUT2D eigenvalue weighted by Gasteiger charge is 2.43. The van der Waals surface area contributed by atoms with Crippen molar-refractivity contribution < 1.29 is 50.5 Å². The van der Waals surface area contributed by atoms with Gasteiger partial charge in [-0.1, -0.05) is 12.1 Å². The first-order chi connectivity index (χ1) is 24.5. The van der Waals surface area contributed by atoms with Crippen LogP contribution in [0.25, 0.3) is 28.2 Å². The molecule has 1 aliphatic rings. The van der Waals surface area contributed by atoms with Crippen LogP contribution in [0.4, 0.5) is 31.1 Å². The van der Waals surface area contributed by atoms with Crippen molar-refractivity contribution in [3.8, 4) is 34.0 Å². The molecule has 16 heteroatoms. The highest BCUT2D eigenvalue weighted by Crippen LogP contribution is 2.42. The second-order valence-corrected chi connectivity index (χ2v) is 12.1. The summed E-state index contributed by atoms with van der Waals surface area (Å²) in [5.41, 5.74) is -0.211. The number of carbonyl (C=O) groups excluding carboxylic acids is 1. The summed E-state index contributed by atoms with van der Waals surface area (Å²) in [7, 11) is 1.45. The molecule has 1 fully saturated rings. The van der Waals surface area contributed by atoms with Crippen molar-refractivity contribution in [1.29, 1.82) is 0 Å². The molecule has 1 aliphatic heterocycles. The fourth-order valence-corrected chi connectivity index (χ4v) is 6.13. The molecule has 6 rings (SSSR count). The molecule has 1 amide bonds. The Bertz CT molecular complexity index is 2170. The number of carboxylic acid groups (broad SMARTS) is 1. The number of methoxy groups -OCH3 is 1. The van der Waals surface area contributed by atoms with Crippen molar-refractivity contribution in [2.75, 3.05) is 7.11 Å². The van der Waals surface area contributed by atoms with E-state index in [1.807, 2.05) is 0 Å². The molecule has 270 valence electrons. The molecular formula is C36H29F6N5O5. The van der Waals surface area contributed by atoms with Crippen LogP contribution in [0, 0.1) is 13.8 Å². The number of amides is 1. The van der Waals surface area contributed by atoms with E-state index in [9.17, 15) is 41.0 Å². The number of benzene rings is 3. The molecule has 0 radical (unpaired) electrons. The van der Waals surface area contributed by atoms with Gasteiger partial charge in [-0.3, -0.25) is 9.47 Å². The van der Waals surface area contributed by atoms with Crippen LogP contribution in [0.5, 0.6) is 5.75 Å². The number of ether oxygens (including phenoxy) is 2. The van der Waals surface area contributed by atoms with Crippen LogP contribution in [0.2, 0.25) is 0 Å². The number of aromatic nitrogens is 4. The number of carboxylic acids is 1. The second kappa shape index (κ2) is 13.3. The summed E-state index contributed by atoms with van der Waals surface area (Å²) in [5, 5.41) is 9.43. The lowest BCUT2D eigenvalue weighted by atomic mass is 9.94. The van der Waals surface area contributed by atoms with Crippen molar-refractivity contribution in [2.45, 2.75) is 51.8 Å². The zero-order valence-electron chi connectivity index (χ0n) is 27.9. The molecule has 1 N–H and O–H groups in total. The molecule has 10 nitrogen and oxygen atoms in total. The molecular weight excluding hydrogens is 696 g/mol. The third kappa shape index (κ3) is 6.87. The summed E-state index contributed by atoms with van der Waals surface area (Å²) in [6, 6.07) is 10.0. The largest absolute Gasteiger partial charge is 0.496 e. The number of halogens is 6. The van der Waals surface area contributed by atoms with E-state index in [-0.39, 0.29) is 29.8 Å². The predicted octanol–water partition coefficient (Wildman–Crippen LogP) is 8.44. The van der Waals surface area contributed by atoms with E-state index in [4.69, 9.17) is 14.5 Å². The van der Waals surface area contributed by atoms with Crippen LogP contribution in [0.15, 0.2) is 73.2 Å². The highest BCUT2D eigenvalue weighted by atomic mass is 19.4. The predicted molar refractivity (Wildman–Crippen MR) is 174 cm³/mol. The van der Waals surface area contributed by atoms with E-state index in [1.165, 1.54) is 43.5 Å². The average Bonchev–Trinajstić information content (AvgIpc) is 3.64. The molecule has 3 heterocycles. The molecule has 3 aromatic carbocycles. The van der Waals surface area contributed by atoms with Gasteiger partial charge in [0.15, 0.2) is 0 Å². The van der Waals surface area contributed by atoms with Gasteiger partial charge in [0.1, 0.15) is 17.7 Å². The van der Waals surface area contributed by atoms with E-state index >= 15 is 0 Å². The van der Waals surface area contributed by atoms with E-state index < -0.39 is 53.3 Å². The van der Waals surface area contributed by atoms with E-state index in [2.05, 4.69) is 9.97 Å². The molecule has 0 bridgehead atoms. The number of aromatic carboxylic acids is 1.